The van der Waals surface area contributed by atoms with Crippen molar-refractivity contribution in [2.24, 2.45) is 0 Å². The van der Waals surface area contributed by atoms with E-state index in [1.807, 2.05) is 30.9 Å². The molecule has 1 atom stereocenters. The smallest absolute Gasteiger partial charge is 0.269 e. The molecule has 31 heavy (non-hydrogen) atoms. The Bertz CT molecular complexity index is 1280. The van der Waals surface area contributed by atoms with E-state index >= 15 is 0 Å². The highest BCUT2D eigenvalue weighted by Crippen LogP contribution is 2.26. The molecule has 4 rings (SSSR count). The molecule has 158 valence electrons. The van der Waals surface area contributed by atoms with Crippen molar-refractivity contribution in [3.63, 3.8) is 0 Å². The minimum atomic E-state index is -0.463. The summed E-state index contributed by atoms with van der Waals surface area (Å²) >= 11 is 0. The van der Waals surface area contributed by atoms with E-state index in [1.54, 1.807) is 24.3 Å². The molecule has 4 aromatic rings. The van der Waals surface area contributed by atoms with Gasteiger partial charge in [-0.2, -0.15) is 0 Å². The Morgan fingerprint density at radius 1 is 1.16 bits per heavy atom. The number of nitrogens with zero attached hydrogens (tertiary/aromatic N) is 5. The molecule has 10 heteroatoms. The Labute approximate surface area is 176 Å². The predicted molar refractivity (Wildman–Crippen MR) is 113 cm³/mol. The number of fused-ring (bicyclic) bond motifs is 1. The highest BCUT2D eigenvalue weighted by Gasteiger charge is 2.22. The highest BCUT2D eigenvalue weighted by atomic mass is 16.6. The fraction of sp³-hybridized carbons (Fsp3) is 0.238. The Hall–Kier alpha value is -3.92. The van der Waals surface area contributed by atoms with Crippen LogP contribution in [0.2, 0.25) is 0 Å². The van der Waals surface area contributed by atoms with Gasteiger partial charge in [-0.05, 0) is 37.7 Å². The van der Waals surface area contributed by atoms with E-state index in [9.17, 15) is 14.9 Å². The Kier molecular flexibility index (Phi) is 5.54. The maximum Gasteiger partial charge on any atom is 0.269 e. The van der Waals surface area contributed by atoms with Crippen LogP contribution in [0.5, 0.6) is 0 Å². The third-order valence-electron chi connectivity index (χ3n) is 5.09. The molecule has 0 aliphatic carbocycles. The van der Waals surface area contributed by atoms with Crippen molar-refractivity contribution in [2.45, 2.75) is 26.4 Å². The topological polar surface area (TPSA) is 131 Å². The second kappa shape index (κ2) is 8.44. The minimum absolute atomic E-state index is 0.00843. The number of nitro benzene ring substituents is 1. The fourth-order valence-electron chi connectivity index (χ4n) is 3.33. The van der Waals surface area contributed by atoms with Gasteiger partial charge in [-0.25, -0.2) is 4.98 Å². The molecule has 0 aliphatic heterocycles. The van der Waals surface area contributed by atoms with Crippen LogP contribution in [0.25, 0.3) is 22.4 Å². The molecular weight excluding hydrogens is 400 g/mol. The molecule has 0 saturated heterocycles. The lowest BCUT2D eigenvalue weighted by Gasteiger charge is -2.24. The monoisotopic (exact) mass is 420 g/mol. The van der Waals surface area contributed by atoms with Gasteiger partial charge in [0.1, 0.15) is 5.82 Å². The summed E-state index contributed by atoms with van der Waals surface area (Å²) in [6, 6.07) is 12.9. The number of nitro groups is 1. The zero-order chi connectivity index (χ0) is 22.0. The summed E-state index contributed by atoms with van der Waals surface area (Å²) in [6.45, 7) is 4.97. The predicted octanol–water partition coefficient (Wildman–Crippen LogP) is 3.46. The van der Waals surface area contributed by atoms with E-state index in [1.165, 1.54) is 12.1 Å². The van der Waals surface area contributed by atoms with E-state index in [-0.39, 0.29) is 23.2 Å². The van der Waals surface area contributed by atoms with Crippen LogP contribution in [-0.2, 0) is 6.54 Å². The fourth-order valence-corrected chi connectivity index (χ4v) is 3.33. The lowest BCUT2D eigenvalue weighted by atomic mass is 10.2. The molecule has 10 nitrogen and oxygen atoms in total. The van der Waals surface area contributed by atoms with E-state index in [0.717, 1.165) is 0 Å². The average Bonchev–Trinajstić information content (AvgIpc) is 3.27. The summed E-state index contributed by atoms with van der Waals surface area (Å²) in [5.74, 6) is 1.23. The largest absolute Gasteiger partial charge is 0.419 e. The maximum absolute atomic E-state index is 12.3. The quantitative estimate of drug-likeness (QED) is 0.355. The highest BCUT2D eigenvalue weighted by molar-refractivity contribution is 5.77. The molecule has 0 aliphatic rings. The zero-order valence-corrected chi connectivity index (χ0v) is 17.0. The van der Waals surface area contributed by atoms with Crippen molar-refractivity contribution < 1.29 is 9.34 Å². The van der Waals surface area contributed by atoms with Crippen molar-refractivity contribution in [2.75, 3.05) is 6.54 Å². The second-order valence-corrected chi connectivity index (χ2v) is 7.02. The van der Waals surface area contributed by atoms with Crippen molar-refractivity contribution >= 4 is 16.6 Å². The molecular formula is C21H20N6O4. The van der Waals surface area contributed by atoms with Gasteiger partial charge in [0.05, 0.1) is 28.4 Å². The minimum Gasteiger partial charge on any atom is -0.419 e. The molecule has 0 saturated carbocycles. The van der Waals surface area contributed by atoms with Crippen LogP contribution in [-0.4, -0.2) is 36.5 Å². The van der Waals surface area contributed by atoms with Gasteiger partial charge in [-0.15, -0.1) is 10.2 Å². The molecule has 1 N–H and O–H groups in total. The second-order valence-electron chi connectivity index (χ2n) is 7.02. The van der Waals surface area contributed by atoms with Gasteiger partial charge in [0, 0.05) is 17.7 Å². The number of hydrogen-bond donors (Lipinski definition) is 1. The third kappa shape index (κ3) is 4.19. The van der Waals surface area contributed by atoms with Crippen LogP contribution >= 0.6 is 0 Å². The Morgan fingerprint density at radius 2 is 1.90 bits per heavy atom. The van der Waals surface area contributed by atoms with Crippen LogP contribution in [0.3, 0.4) is 0 Å². The molecule has 0 spiro atoms. The summed E-state index contributed by atoms with van der Waals surface area (Å²) < 4.78 is 5.82. The van der Waals surface area contributed by atoms with Crippen molar-refractivity contribution in [1.29, 1.82) is 0 Å². The molecule has 0 amide bonds. The first-order valence-electron chi connectivity index (χ1n) is 9.76. The van der Waals surface area contributed by atoms with E-state index in [4.69, 9.17) is 4.42 Å². The molecule has 0 bridgehead atoms. The van der Waals surface area contributed by atoms with Crippen LogP contribution < -0.4 is 5.56 Å². The summed E-state index contributed by atoms with van der Waals surface area (Å²) in [7, 11) is 0. The number of benzene rings is 2. The van der Waals surface area contributed by atoms with Crippen molar-refractivity contribution in [1.82, 2.24) is 25.1 Å². The van der Waals surface area contributed by atoms with Crippen LogP contribution in [0.4, 0.5) is 5.69 Å². The first-order chi connectivity index (χ1) is 15.0. The van der Waals surface area contributed by atoms with Gasteiger partial charge in [0.15, 0.2) is 0 Å². The summed E-state index contributed by atoms with van der Waals surface area (Å²) in [5, 5.41) is 19.6. The Balaban J connectivity index is 1.55. The van der Waals surface area contributed by atoms with Gasteiger partial charge in [-0.1, -0.05) is 19.1 Å². The van der Waals surface area contributed by atoms with Crippen molar-refractivity contribution in [3.8, 4) is 11.5 Å². The van der Waals surface area contributed by atoms with Crippen LogP contribution in [0.15, 0.2) is 57.7 Å². The molecule has 2 aromatic heterocycles. The first kappa shape index (κ1) is 20.4. The molecule has 0 radical (unpaired) electrons. The van der Waals surface area contributed by atoms with Crippen LogP contribution in [0.1, 0.15) is 31.6 Å². The summed E-state index contributed by atoms with van der Waals surface area (Å²) in [6.07, 6.45) is 0. The standard InChI is InChI=1S/C21H20N6O4/c1-3-26(12-18-22-17-7-5-4-6-16(17)19(28)23-18)13(2)20-24-25-21(31-20)14-8-10-15(11-9-14)27(29)30/h4-11,13H,3,12H2,1-2H3,(H,22,23,28). The number of hydrogen-bond acceptors (Lipinski definition) is 8. The van der Waals surface area contributed by atoms with Gasteiger partial charge >= 0.3 is 0 Å². The third-order valence-corrected chi connectivity index (χ3v) is 5.09. The summed E-state index contributed by atoms with van der Waals surface area (Å²) in [4.78, 5) is 32.1. The van der Waals surface area contributed by atoms with E-state index < -0.39 is 4.92 Å². The number of aromatic nitrogens is 4. The van der Waals surface area contributed by atoms with Gasteiger partial charge in [0.2, 0.25) is 11.8 Å². The SMILES string of the molecule is CCN(Cc1nc2ccccc2c(=O)[nH]1)C(C)c1nnc(-c2ccc([N+](=O)[O-])cc2)o1. The van der Waals surface area contributed by atoms with Gasteiger partial charge < -0.3 is 9.40 Å². The summed E-state index contributed by atoms with van der Waals surface area (Å²) in [5.41, 5.74) is 1.05. The number of aromatic amines is 1. The molecule has 2 aromatic carbocycles. The van der Waals surface area contributed by atoms with E-state index in [0.29, 0.717) is 41.3 Å². The van der Waals surface area contributed by atoms with Gasteiger partial charge in [-0.3, -0.25) is 19.8 Å². The molecule has 1 unspecified atom stereocenters. The average molecular weight is 420 g/mol. The number of nitrogens with one attached hydrogen (secondary N) is 1. The van der Waals surface area contributed by atoms with Gasteiger partial charge in [0.25, 0.3) is 11.2 Å². The normalized spacial score (nSPS) is 12.4. The molecule has 0 fully saturated rings. The number of rotatable bonds is 7. The Morgan fingerprint density at radius 3 is 2.61 bits per heavy atom. The van der Waals surface area contributed by atoms with E-state index in [2.05, 4.69) is 20.2 Å². The lowest BCUT2D eigenvalue weighted by molar-refractivity contribution is -0.384. The number of para-hydroxylation sites is 1. The number of non-ortho nitro benzene ring substituents is 1. The van der Waals surface area contributed by atoms with Crippen LogP contribution in [0, 0.1) is 10.1 Å². The number of H-pyrrole nitrogens is 1. The first-order valence-corrected chi connectivity index (χ1v) is 9.76. The maximum atomic E-state index is 12.3. The zero-order valence-electron chi connectivity index (χ0n) is 17.0. The molecule has 2 heterocycles. The lowest BCUT2D eigenvalue weighted by Crippen LogP contribution is -2.28. The van der Waals surface area contributed by atoms with Crippen molar-refractivity contribution in [3.05, 3.63) is 80.7 Å².